The Kier molecular flexibility index (Phi) is 3.38. The smallest absolute Gasteiger partial charge is 0.131 e. The van der Waals surface area contributed by atoms with E-state index in [9.17, 15) is 8.78 Å². The normalized spacial score (nSPS) is 10.3. The van der Waals surface area contributed by atoms with Gasteiger partial charge in [0.1, 0.15) is 11.6 Å². The molecule has 0 fully saturated rings. The number of aryl methyl sites for hydroxylation is 1. The third kappa shape index (κ3) is 3.03. The molecule has 0 spiro atoms. The molecule has 0 saturated carbocycles. The second kappa shape index (κ2) is 4.95. The van der Waals surface area contributed by atoms with Crippen LogP contribution in [0.25, 0.3) is 0 Å². The summed E-state index contributed by atoms with van der Waals surface area (Å²) in [5.74, 6) is -1.08. The molecule has 2 aromatic rings. The topological polar surface area (TPSA) is 12.0 Å². The van der Waals surface area contributed by atoms with Crippen LogP contribution in [0, 0.1) is 18.6 Å². The molecule has 2 rings (SSSR count). The summed E-state index contributed by atoms with van der Waals surface area (Å²) in [4.78, 5) is 0. The van der Waals surface area contributed by atoms with Gasteiger partial charge in [-0.15, -0.1) is 0 Å². The van der Waals surface area contributed by atoms with Crippen molar-refractivity contribution in [1.29, 1.82) is 0 Å². The molecule has 0 aliphatic heterocycles. The van der Waals surface area contributed by atoms with Gasteiger partial charge in [0.25, 0.3) is 0 Å². The lowest BCUT2D eigenvalue weighted by atomic mass is 10.2. The van der Waals surface area contributed by atoms with Crippen LogP contribution in [0.2, 0.25) is 0 Å². The Hall–Kier alpha value is -1.90. The van der Waals surface area contributed by atoms with E-state index in [0.29, 0.717) is 12.1 Å². The van der Waals surface area contributed by atoms with Gasteiger partial charge in [-0.05, 0) is 25.1 Å². The van der Waals surface area contributed by atoms with Crippen LogP contribution >= 0.6 is 0 Å². The predicted octanol–water partition coefficient (Wildman–Crippen LogP) is 3.89. The summed E-state index contributed by atoms with van der Waals surface area (Å²) >= 11 is 0. The predicted molar refractivity (Wildman–Crippen MR) is 64.9 cm³/mol. The van der Waals surface area contributed by atoms with Gasteiger partial charge < -0.3 is 5.32 Å². The van der Waals surface area contributed by atoms with Gasteiger partial charge in [0, 0.05) is 23.9 Å². The summed E-state index contributed by atoms with van der Waals surface area (Å²) in [6, 6.07) is 11.4. The van der Waals surface area contributed by atoms with E-state index >= 15 is 0 Å². The standard InChI is InChI=1S/C14H13F2N/c1-10-2-6-13(7-3-10)17-9-11-4-5-12(15)8-14(11)16/h2-8,17H,9H2,1H3. The summed E-state index contributed by atoms with van der Waals surface area (Å²) in [7, 11) is 0. The van der Waals surface area contributed by atoms with Gasteiger partial charge >= 0.3 is 0 Å². The highest BCUT2D eigenvalue weighted by Gasteiger charge is 2.03. The van der Waals surface area contributed by atoms with Crippen LogP contribution in [0.1, 0.15) is 11.1 Å². The SMILES string of the molecule is Cc1ccc(NCc2ccc(F)cc2F)cc1. The van der Waals surface area contributed by atoms with Crippen molar-refractivity contribution >= 4 is 5.69 Å². The van der Waals surface area contributed by atoms with E-state index in [4.69, 9.17) is 0 Å². The molecule has 0 aliphatic carbocycles. The van der Waals surface area contributed by atoms with Crippen LogP contribution in [0.15, 0.2) is 42.5 Å². The number of anilines is 1. The fraction of sp³-hybridized carbons (Fsp3) is 0.143. The maximum atomic E-state index is 13.3. The molecule has 0 amide bonds. The van der Waals surface area contributed by atoms with Crippen LogP contribution < -0.4 is 5.32 Å². The van der Waals surface area contributed by atoms with Crippen molar-refractivity contribution in [2.75, 3.05) is 5.32 Å². The van der Waals surface area contributed by atoms with E-state index in [1.165, 1.54) is 17.7 Å². The molecular weight excluding hydrogens is 220 g/mol. The first kappa shape index (κ1) is 11.6. The van der Waals surface area contributed by atoms with E-state index in [2.05, 4.69) is 5.32 Å². The van der Waals surface area contributed by atoms with Crippen molar-refractivity contribution in [2.24, 2.45) is 0 Å². The van der Waals surface area contributed by atoms with Crippen molar-refractivity contribution in [3.63, 3.8) is 0 Å². The molecule has 17 heavy (non-hydrogen) atoms. The third-order valence-corrected chi connectivity index (χ3v) is 2.55. The summed E-state index contributed by atoms with van der Waals surface area (Å²) in [5.41, 5.74) is 2.54. The third-order valence-electron chi connectivity index (χ3n) is 2.55. The molecule has 0 saturated heterocycles. The number of nitrogens with one attached hydrogen (secondary N) is 1. The summed E-state index contributed by atoms with van der Waals surface area (Å²) in [6.45, 7) is 2.35. The van der Waals surface area contributed by atoms with Gasteiger partial charge in [-0.1, -0.05) is 23.8 Å². The fourth-order valence-electron chi connectivity index (χ4n) is 1.53. The first-order valence-corrected chi connectivity index (χ1v) is 5.39. The number of hydrogen-bond donors (Lipinski definition) is 1. The monoisotopic (exact) mass is 233 g/mol. The number of benzene rings is 2. The van der Waals surface area contributed by atoms with Crippen LogP contribution in [0.3, 0.4) is 0 Å². The molecule has 0 aliphatic rings. The van der Waals surface area contributed by atoms with E-state index in [1.807, 2.05) is 31.2 Å². The molecule has 2 aromatic carbocycles. The number of halogens is 2. The van der Waals surface area contributed by atoms with E-state index in [-0.39, 0.29) is 0 Å². The molecule has 0 aromatic heterocycles. The van der Waals surface area contributed by atoms with Gasteiger partial charge in [0.2, 0.25) is 0 Å². The minimum Gasteiger partial charge on any atom is -0.381 e. The maximum Gasteiger partial charge on any atom is 0.131 e. The molecule has 0 bridgehead atoms. The van der Waals surface area contributed by atoms with Crippen LogP contribution in [-0.4, -0.2) is 0 Å². The molecular formula is C14H13F2N. The van der Waals surface area contributed by atoms with E-state index < -0.39 is 11.6 Å². The average Bonchev–Trinajstić information content (AvgIpc) is 2.30. The largest absolute Gasteiger partial charge is 0.381 e. The van der Waals surface area contributed by atoms with Crippen LogP contribution in [-0.2, 0) is 6.54 Å². The van der Waals surface area contributed by atoms with Crippen LogP contribution in [0.5, 0.6) is 0 Å². The fourth-order valence-corrected chi connectivity index (χ4v) is 1.53. The number of hydrogen-bond acceptors (Lipinski definition) is 1. The Morgan fingerprint density at radius 2 is 1.71 bits per heavy atom. The van der Waals surface area contributed by atoms with Crippen molar-refractivity contribution < 1.29 is 8.78 Å². The Balaban J connectivity index is 2.04. The van der Waals surface area contributed by atoms with Gasteiger partial charge in [0.05, 0.1) is 0 Å². The zero-order valence-corrected chi connectivity index (χ0v) is 9.50. The Morgan fingerprint density at radius 1 is 1.00 bits per heavy atom. The summed E-state index contributed by atoms with van der Waals surface area (Å²) < 4.78 is 26.0. The zero-order chi connectivity index (χ0) is 12.3. The average molecular weight is 233 g/mol. The lowest BCUT2D eigenvalue weighted by Gasteiger charge is -2.07. The van der Waals surface area contributed by atoms with E-state index in [1.54, 1.807) is 0 Å². The Labute approximate surface area is 99.1 Å². The first-order valence-electron chi connectivity index (χ1n) is 5.39. The van der Waals surface area contributed by atoms with Crippen molar-refractivity contribution in [2.45, 2.75) is 13.5 Å². The molecule has 1 nitrogen and oxygen atoms in total. The molecule has 88 valence electrons. The molecule has 0 atom stereocenters. The zero-order valence-electron chi connectivity index (χ0n) is 9.50. The lowest BCUT2D eigenvalue weighted by Crippen LogP contribution is -2.02. The van der Waals surface area contributed by atoms with Gasteiger partial charge in [-0.3, -0.25) is 0 Å². The summed E-state index contributed by atoms with van der Waals surface area (Å²) in [5, 5.41) is 3.09. The summed E-state index contributed by atoms with van der Waals surface area (Å²) in [6.07, 6.45) is 0. The van der Waals surface area contributed by atoms with Crippen molar-refractivity contribution in [3.05, 3.63) is 65.2 Å². The van der Waals surface area contributed by atoms with Gasteiger partial charge in [-0.25, -0.2) is 8.78 Å². The van der Waals surface area contributed by atoms with Crippen molar-refractivity contribution in [3.8, 4) is 0 Å². The molecule has 0 unspecified atom stereocenters. The quantitative estimate of drug-likeness (QED) is 0.848. The van der Waals surface area contributed by atoms with Gasteiger partial charge in [0.15, 0.2) is 0 Å². The van der Waals surface area contributed by atoms with E-state index in [0.717, 1.165) is 11.8 Å². The highest BCUT2D eigenvalue weighted by molar-refractivity contribution is 5.45. The minimum absolute atomic E-state index is 0.342. The Morgan fingerprint density at radius 3 is 2.35 bits per heavy atom. The highest BCUT2D eigenvalue weighted by atomic mass is 19.1. The molecule has 1 N–H and O–H groups in total. The minimum atomic E-state index is -0.554. The second-order valence-electron chi connectivity index (χ2n) is 3.96. The molecule has 0 radical (unpaired) electrons. The second-order valence-corrected chi connectivity index (χ2v) is 3.96. The number of rotatable bonds is 3. The van der Waals surface area contributed by atoms with Crippen molar-refractivity contribution in [1.82, 2.24) is 0 Å². The van der Waals surface area contributed by atoms with Crippen LogP contribution in [0.4, 0.5) is 14.5 Å². The molecule has 0 heterocycles. The first-order chi connectivity index (χ1) is 8.15. The van der Waals surface area contributed by atoms with Gasteiger partial charge in [-0.2, -0.15) is 0 Å². The lowest BCUT2D eigenvalue weighted by molar-refractivity contribution is 0.574. The maximum absolute atomic E-state index is 13.3. The Bertz CT molecular complexity index is 506. The highest BCUT2D eigenvalue weighted by Crippen LogP contribution is 2.13. The molecule has 3 heteroatoms.